The Labute approximate surface area is 149 Å². The zero-order valence-electron chi connectivity index (χ0n) is 15.3. The zero-order valence-corrected chi connectivity index (χ0v) is 15.3. The highest BCUT2D eigenvalue weighted by Gasteiger charge is 2.22. The fourth-order valence-electron chi connectivity index (χ4n) is 3.64. The van der Waals surface area contributed by atoms with Crippen LogP contribution in [0.3, 0.4) is 0 Å². The van der Waals surface area contributed by atoms with Crippen molar-refractivity contribution in [1.82, 2.24) is 23.1 Å². The summed E-state index contributed by atoms with van der Waals surface area (Å²) in [5, 5.41) is 0. The lowest BCUT2D eigenvalue weighted by Crippen LogP contribution is -2.39. The van der Waals surface area contributed by atoms with Gasteiger partial charge in [0.25, 0.3) is 5.56 Å². The summed E-state index contributed by atoms with van der Waals surface area (Å²) in [4.78, 5) is 30.1. The molecule has 1 saturated heterocycles. The normalized spacial score (nSPS) is 18.0. The van der Waals surface area contributed by atoms with E-state index >= 15 is 0 Å². The Morgan fingerprint density at radius 1 is 1.35 bits per heavy atom. The molecule has 0 aromatic carbocycles. The molecule has 0 amide bonds. The quantitative estimate of drug-likeness (QED) is 0.658. The molecule has 0 radical (unpaired) electrons. The monoisotopic (exact) mass is 357 g/mol. The predicted octanol–water partition coefficient (Wildman–Crippen LogP) is 1.21. The largest absolute Gasteiger partial charge is 0.376 e. The first-order valence-electron chi connectivity index (χ1n) is 8.93. The summed E-state index contributed by atoms with van der Waals surface area (Å²) in [6.45, 7) is 5.60. The smallest absolute Gasteiger partial charge is 0.332 e. The highest BCUT2D eigenvalue weighted by atomic mass is 16.5. The van der Waals surface area contributed by atoms with Crippen LogP contribution in [0.4, 0.5) is 0 Å². The van der Waals surface area contributed by atoms with Crippen molar-refractivity contribution in [3.63, 3.8) is 0 Å². The molecule has 1 fully saturated rings. The molecule has 1 atom stereocenters. The van der Waals surface area contributed by atoms with E-state index in [4.69, 9.17) is 4.74 Å². The van der Waals surface area contributed by atoms with Crippen molar-refractivity contribution in [3.8, 4) is 0 Å². The Morgan fingerprint density at radius 2 is 2.15 bits per heavy atom. The van der Waals surface area contributed by atoms with Crippen LogP contribution in [-0.2, 0) is 24.9 Å². The molecule has 8 nitrogen and oxygen atoms in total. The van der Waals surface area contributed by atoms with Crippen LogP contribution in [0.25, 0.3) is 16.9 Å². The molecule has 0 aliphatic carbocycles. The number of aromatic nitrogens is 5. The topological polar surface area (TPSA) is 75.5 Å². The molecule has 1 aliphatic rings. The van der Waals surface area contributed by atoms with E-state index in [0.29, 0.717) is 23.5 Å². The van der Waals surface area contributed by atoms with Gasteiger partial charge < -0.3 is 9.30 Å². The van der Waals surface area contributed by atoms with Crippen molar-refractivity contribution in [2.45, 2.75) is 45.9 Å². The molecule has 4 heterocycles. The molecule has 0 N–H and O–H groups in total. The van der Waals surface area contributed by atoms with Crippen molar-refractivity contribution in [1.29, 1.82) is 0 Å². The lowest BCUT2D eigenvalue weighted by molar-refractivity contribution is 0.0974. The van der Waals surface area contributed by atoms with Crippen LogP contribution in [0.1, 0.15) is 25.5 Å². The summed E-state index contributed by atoms with van der Waals surface area (Å²) in [6, 6.07) is 0. The fourth-order valence-corrected chi connectivity index (χ4v) is 3.64. The molecule has 26 heavy (non-hydrogen) atoms. The Bertz CT molecular complexity index is 1120. The molecule has 8 heteroatoms. The van der Waals surface area contributed by atoms with Crippen LogP contribution < -0.4 is 11.2 Å². The van der Waals surface area contributed by atoms with E-state index < -0.39 is 0 Å². The summed E-state index contributed by atoms with van der Waals surface area (Å²) in [5.74, 6) is 0.670. The Hall–Kier alpha value is -2.61. The summed E-state index contributed by atoms with van der Waals surface area (Å²) in [6.07, 6.45) is 7.79. The summed E-state index contributed by atoms with van der Waals surface area (Å²) in [5.41, 5.74) is 1.18. The Morgan fingerprint density at radius 3 is 2.85 bits per heavy atom. The second kappa shape index (κ2) is 6.28. The van der Waals surface area contributed by atoms with Gasteiger partial charge in [-0.1, -0.05) is 12.2 Å². The second-order valence-electron chi connectivity index (χ2n) is 6.80. The molecule has 0 saturated carbocycles. The van der Waals surface area contributed by atoms with Crippen LogP contribution in [0, 0.1) is 6.92 Å². The van der Waals surface area contributed by atoms with E-state index in [1.807, 2.05) is 26.1 Å². The second-order valence-corrected chi connectivity index (χ2v) is 6.80. The van der Waals surface area contributed by atoms with E-state index in [9.17, 15) is 9.59 Å². The summed E-state index contributed by atoms with van der Waals surface area (Å²) < 4.78 is 12.3. The van der Waals surface area contributed by atoms with E-state index in [2.05, 4.69) is 9.55 Å². The third-order valence-electron chi connectivity index (χ3n) is 5.07. The third-order valence-corrected chi connectivity index (χ3v) is 5.07. The summed E-state index contributed by atoms with van der Waals surface area (Å²) >= 11 is 0. The average molecular weight is 357 g/mol. The van der Waals surface area contributed by atoms with Gasteiger partial charge in [0.1, 0.15) is 0 Å². The van der Waals surface area contributed by atoms with E-state index in [0.717, 1.165) is 25.1 Å². The van der Waals surface area contributed by atoms with Gasteiger partial charge in [0.15, 0.2) is 11.2 Å². The number of ether oxygens (including phenoxy) is 1. The van der Waals surface area contributed by atoms with Crippen molar-refractivity contribution in [3.05, 3.63) is 44.9 Å². The maximum absolute atomic E-state index is 13.0. The van der Waals surface area contributed by atoms with Gasteiger partial charge in [-0.25, -0.2) is 4.79 Å². The van der Waals surface area contributed by atoms with Gasteiger partial charge in [0.2, 0.25) is 5.78 Å². The Kier molecular flexibility index (Phi) is 4.07. The molecule has 0 bridgehead atoms. The third kappa shape index (κ3) is 2.44. The maximum atomic E-state index is 13.0. The molecule has 0 unspecified atom stereocenters. The fraction of sp³-hybridized carbons (Fsp3) is 0.500. The zero-order chi connectivity index (χ0) is 18.4. The number of hydrogen-bond donors (Lipinski definition) is 0. The van der Waals surface area contributed by atoms with Crippen LogP contribution in [-0.4, -0.2) is 35.8 Å². The average Bonchev–Trinajstić information content (AvgIpc) is 3.31. The van der Waals surface area contributed by atoms with Gasteiger partial charge >= 0.3 is 5.69 Å². The predicted molar refractivity (Wildman–Crippen MR) is 98.7 cm³/mol. The van der Waals surface area contributed by atoms with Crippen LogP contribution >= 0.6 is 0 Å². The molecule has 4 rings (SSSR count). The SMILES string of the molecule is C/C=C/Cn1c(=O)c2c(nc3n(C[C@@H]4CCCO4)c(C)cn23)n(C)c1=O. The van der Waals surface area contributed by atoms with E-state index in [1.165, 1.54) is 9.13 Å². The first-order chi connectivity index (χ1) is 12.5. The van der Waals surface area contributed by atoms with Gasteiger partial charge in [-0.15, -0.1) is 0 Å². The minimum absolute atomic E-state index is 0.167. The van der Waals surface area contributed by atoms with Crippen LogP contribution in [0.5, 0.6) is 0 Å². The standard InChI is InChI=1S/C18H23N5O3/c1-4-5-8-21-16(24)14-15(20(3)18(21)25)19-17-22(12(2)10-23(14)17)11-13-7-6-9-26-13/h4-5,10,13H,6-9,11H2,1-3H3/b5-4+/t13-/m0/s1. The van der Waals surface area contributed by atoms with Gasteiger partial charge in [0.05, 0.1) is 12.6 Å². The van der Waals surface area contributed by atoms with E-state index in [-0.39, 0.29) is 23.9 Å². The van der Waals surface area contributed by atoms with Gasteiger partial charge in [-0.05, 0) is 26.7 Å². The first-order valence-corrected chi connectivity index (χ1v) is 8.93. The minimum Gasteiger partial charge on any atom is -0.376 e. The number of aryl methyl sites for hydroxylation is 2. The number of imidazole rings is 2. The highest BCUT2D eigenvalue weighted by Crippen LogP contribution is 2.20. The van der Waals surface area contributed by atoms with Gasteiger partial charge in [0, 0.05) is 32.1 Å². The molecule has 138 valence electrons. The lowest BCUT2D eigenvalue weighted by Gasteiger charge is -2.11. The maximum Gasteiger partial charge on any atom is 0.332 e. The molecule has 0 spiro atoms. The first kappa shape index (κ1) is 16.8. The lowest BCUT2D eigenvalue weighted by atomic mass is 10.2. The summed E-state index contributed by atoms with van der Waals surface area (Å²) in [7, 11) is 1.65. The number of nitrogens with zero attached hydrogens (tertiary/aromatic N) is 5. The highest BCUT2D eigenvalue weighted by molar-refractivity contribution is 5.75. The van der Waals surface area contributed by atoms with Crippen molar-refractivity contribution in [2.24, 2.45) is 7.05 Å². The van der Waals surface area contributed by atoms with Crippen LogP contribution in [0.15, 0.2) is 27.9 Å². The number of hydrogen-bond acceptors (Lipinski definition) is 4. The number of allylic oxidation sites excluding steroid dienone is 2. The van der Waals surface area contributed by atoms with Gasteiger partial charge in [-0.2, -0.15) is 4.98 Å². The molecule has 3 aromatic heterocycles. The number of rotatable bonds is 4. The number of fused-ring (bicyclic) bond motifs is 3. The molecule has 1 aliphatic heterocycles. The molecular weight excluding hydrogens is 334 g/mol. The minimum atomic E-state index is -0.358. The van der Waals surface area contributed by atoms with Crippen molar-refractivity contribution < 1.29 is 4.74 Å². The Balaban J connectivity index is 1.96. The van der Waals surface area contributed by atoms with Crippen molar-refractivity contribution >= 4 is 16.9 Å². The molecule has 3 aromatic rings. The van der Waals surface area contributed by atoms with Gasteiger partial charge in [-0.3, -0.25) is 18.3 Å². The molecular formula is C18H23N5O3. The van der Waals surface area contributed by atoms with Crippen molar-refractivity contribution in [2.75, 3.05) is 6.61 Å². The van der Waals surface area contributed by atoms with E-state index in [1.54, 1.807) is 17.5 Å². The van der Waals surface area contributed by atoms with Crippen LogP contribution in [0.2, 0.25) is 0 Å².